The van der Waals surface area contributed by atoms with E-state index in [0.29, 0.717) is 6.42 Å². The van der Waals surface area contributed by atoms with Gasteiger partial charge in [0, 0.05) is 30.2 Å². The average Bonchev–Trinajstić information content (AvgIpc) is 2.57. The Morgan fingerprint density at radius 2 is 2.15 bits per heavy atom. The molecule has 0 amide bonds. The second-order valence-electron chi connectivity index (χ2n) is 5.60. The number of allylic oxidation sites excluding steroid dienone is 3. The van der Waals surface area contributed by atoms with Crippen LogP contribution in [0.3, 0.4) is 0 Å². The van der Waals surface area contributed by atoms with Crippen molar-refractivity contribution in [3.63, 3.8) is 0 Å². The minimum Gasteiger partial charge on any atom is -0.496 e. The smallest absolute Gasteiger partial charge is 0.125 e. The van der Waals surface area contributed by atoms with Crippen LogP contribution in [0.2, 0.25) is 0 Å². The fraction of sp³-hybridized carbons (Fsp3) is 0.471. The lowest BCUT2D eigenvalue weighted by Gasteiger charge is -2.19. The lowest BCUT2D eigenvalue weighted by molar-refractivity contribution is 0.123. The van der Waals surface area contributed by atoms with E-state index in [1.54, 1.807) is 7.11 Å². The zero-order chi connectivity index (χ0) is 14.7. The number of nitrogens with zero attached hydrogens (tertiary/aromatic N) is 1. The summed E-state index contributed by atoms with van der Waals surface area (Å²) in [5, 5.41) is 10.2. The molecule has 1 N–H and O–H groups in total. The molecule has 2 rings (SSSR count). The van der Waals surface area contributed by atoms with E-state index >= 15 is 0 Å². The van der Waals surface area contributed by atoms with E-state index in [1.807, 2.05) is 26.1 Å². The predicted octanol–water partition coefficient (Wildman–Crippen LogP) is 3.35. The van der Waals surface area contributed by atoms with Gasteiger partial charge in [0.1, 0.15) is 5.76 Å². The maximum absolute atomic E-state index is 10.2. The number of aliphatic hydroxyl groups excluding tert-OH is 1. The Labute approximate surface area is 121 Å². The van der Waals surface area contributed by atoms with Gasteiger partial charge in [-0.3, -0.25) is 4.98 Å². The van der Waals surface area contributed by atoms with Crippen molar-refractivity contribution in [1.82, 2.24) is 4.98 Å². The van der Waals surface area contributed by atoms with Gasteiger partial charge in [-0.05, 0) is 24.5 Å². The van der Waals surface area contributed by atoms with Crippen LogP contribution in [0.5, 0.6) is 0 Å². The number of aliphatic hydroxyl groups is 1. The third-order valence-electron chi connectivity index (χ3n) is 3.87. The highest BCUT2D eigenvalue weighted by Crippen LogP contribution is 2.32. The van der Waals surface area contributed by atoms with Crippen molar-refractivity contribution in [3.05, 3.63) is 47.0 Å². The maximum atomic E-state index is 10.2. The van der Waals surface area contributed by atoms with Crippen molar-refractivity contribution >= 4 is 5.57 Å². The summed E-state index contributed by atoms with van der Waals surface area (Å²) >= 11 is 0. The van der Waals surface area contributed by atoms with Gasteiger partial charge in [0.15, 0.2) is 0 Å². The van der Waals surface area contributed by atoms with Crippen LogP contribution in [0.15, 0.2) is 35.7 Å². The molecular weight excluding hydrogens is 250 g/mol. The van der Waals surface area contributed by atoms with Crippen molar-refractivity contribution < 1.29 is 9.84 Å². The summed E-state index contributed by atoms with van der Waals surface area (Å²) in [4.78, 5) is 4.45. The van der Waals surface area contributed by atoms with E-state index in [4.69, 9.17) is 4.74 Å². The van der Waals surface area contributed by atoms with Crippen molar-refractivity contribution in [3.8, 4) is 0 Å². The van der Waals surface area contributed by atoms with E-state index in [2.05, 4.69) is 24.1 Å². The molecule has 1 unspecified atom stereocenters. The molecule has 0 fully saturated rings. The second kappa shape index (κ2) is 6.23. The summed E-state index contributed by atoms with van der Waals surface area (Å²) in [6.45, 7) is 6.11. The second-order valence-corrected chi connectivity index (χ2v) is 5.60. The van der Waals surface area contributed by atoms with Gasteiger partial charge < -0.3 is 9.84 Å². The molecule has 0 radical (unpaired) electrons. The molecule has 1 aromatic rings. The molecule has 0 aromatic carbocycles. The van der Waals surface area contributed by atoms with Gasteiger partial charge >= 0.3 is 0 Å². The summed E-state index contributed by atoms with van der Waals surface area (Å²) in [6.07, 6.45) is 4.99. The fourth-order valence-electron chi connectivity index (χ4n) is 2.54. The van der Waals surface area contributed by atoms with Gasteiger partial charge in [-0.15, -0.1) is 0 Å². The number of pyridine rings is 1. The summed E-state index contributed by atoms with van der Waals surface area (Å²) < 4.78 is 5.61. The van der Waals surface area contributed by atoms with Crippen LogP contribution in [0, 0.1) is 5.92 Å². The molecule has 1 aliphatic carbocycles. The van der Waals surface area contributed by atoms with Crippen LogP contribution < -0.4 is 0 Å². The van der Waals surface area contributed by atoms with Gasteiger partial charge in [0.2, 0.25) is 0 Å². The Morgan fingerprint density at radius 3 is 2.80 bits per heavy atom. The van der Waals surface area contributed by atoms with Crippen LogP contribution in [0.1, 0.15) is 38.4 Å². The molecule has 3 heteroatoms. The number of hydrogen-bond donors (Lipinski definition) is 1. The van der Waals surface area contributed by atoms with E-state index in [0.717, 1.165) is 34.6 Å². The minimum atomic E-state index is -0.353. The highest BCUT2D eigenvalue weighted by molar-refractivity contribution is 5.72. The molecule has 0 saturated carbocycles. The molecule has 108 valence electrons. The zero-order valence-electron chi connectivity index (χ0n) is 12.7. The predicted molar refractivity (Wildman–Crippen MR) is 81.1 cm³/mol. The van der Waals surface area contributed by atoms with Crippen molar-refractivity contribution in [1.29, 1.82) is 0 Å². The number of fused-ring (bicyclic) bond motifs is 1. The normalized spacial score (nSPS) is 16.6. The van der Waals surface area contributed by atoms with Crippen LogP contribution in [-0.2, 0) is 11.2 Å². The summed E-state index contributed by atoms with van der Waals surface area (Å²) in [5.41, 5.74) is 4.36. The van der Waals surface area contributed by atoms with Crippen LogP contribution in [0.25, 0.3) is 5.57 Å². The van der Waals surface area contributed by atoms with E-state index in [9.17, 15) is 5.11 Å². The Bertz CT molecular complexity index is 544. The highest BCUT2D eigenvalue weighted by atomic mass is 16.5. The minimum absolute atomic E-state index is 0.234. The zero-order valence-corrected chi connectivity index (χ0v) is 12.7. The quantitative estimate of drug-likeness (QED) is 0.914. The van der Waals surface area contributed by atoms with Crippen LogP contribution in [0.4, 0.5) is 0 Å². The Kier molecular flexibility index (Phi) is 4.61. The molecule has 1 atom stereocenters. The summed E-state index contributed by atoms with van der Waals surface area (Å²) in [7, 11) is 1.69. The molecule has 0 spiro atoms. The SMILES string of the molecule is COC1=C(C)c2cccnc2CC=C1CC(O)C(C)C. The Hall–Kier alpha value is -1.61. The van der Waals surface area contributed by atoms with E-state index in [1.165, 1.54) is 0 Å². The number of methoxy groups -OCH3 is 1. The first-order valence-electron chi connectivity index (χ1n) is 7.11. The van der Waals surface area contributed by atoms with Crippen molar-refractivity contribution in [2.75, 3.05) is 7.11 Å². The molecule has 1 heterocycles. The molecule has 0 saturated heterocycles. The van der Waals surface area contributed by atoms with E-state index < -0.39 is 0 Å². The number of rotatable bonds is 4. The van der Waals surface area contributed by atoms with E-state index in [-0.39, 0.29) is 12.0 Å². The van der Waals surface area contributed by atoms with Gasteiger partial charge in [-0.25, -0.2) is 0 Å². The fourth-order valence-corrected chi connectivity index (χ4v) is 2.54. The number of ether oxygens (including phenoxy) is 1. The maximum Gasteiger partial charge on any atom is 0.125 e. The summed E-state index contributed by atoms with van der Waals surface area (Å²) in [5.74, 6) is 1.11. The highest BCUT2D eigenvalue weighted by Gasteiger charge is 2.21. The molecule has 0 bridgehead atoms. The molecule has 20 heavy (non-hydrogen) atoms. The van der Waals surface area contributed by atoms with Gasteiger partial charge in [-0.1, -0.05) is 26.0 Å². The van der Waals surface area contributed by atoms with Crippen molar-refractivity contribution in [2.24, 2.45) is 5.92 Å². The van der Waals surface area contributed by atoms with Gasteiger partial charge in [0.05, 0.1) is 18.9 Å². The lowest BCUT2D eigenvalue weighted by Crippen LogP contribution is -2.16. The standard InChI is InChI=1S/C17H23NO2/c1-11(2)16(19)10-13-7-8-15-14(6-5-9-18-15)12(3)17(13)20-4/h5-7,9,11,16,19H,8,10H2,1-4H3. The number of hydrogen-bond acceptors (Lipinski definition) is 3. The average molecular weight is 273 g/mol. The first-order chi connectivity index (χ1) is 9.54. The summed E-state index contributed by atoms with van der Waals surface area (Å²) in [6, 6.07) is 4.02. The Balaban J connectivity index is 2.40. The largest absolute Gasteiger partial charge is 0.496 e. The van der Waals surface area contributed by atoms with Crippen molar-refractivity contribution in [2.45, 2.75) is 39.7 Å². The number of aromatic nitrogens is 1. The van der Waals surface area contributed by atoms with Crippen LogP contribution >= 0.6 is 0 Å². The molecule has 0 aliphatic heterocycles. The van der Waals surface area contributed by atoms with Crippen LogP contribution in [-0.4, -0.2) is 23.3 Å². The molecule has 3 nitrogen and oxygen atoms in total. The third-order valence-corrected chi connectivity index (χ3v) is 3.87. The molecule has 1 aromatic heterocycles. The monoisotopic (exact) mass is 273 g/mol. The van der Waals surface area contributed by atoms with Gasteiger partial charge in [0.25, 0.3) is 0 Å². The first kappa shape index (κ1) is 14.8. The molecule has 1 aliphatic rings. The topological polar surface area (TPSA) is 42.4 Å². The molecular formula is C17H23NO2. The third kappa shape index (κ3) is 2.93. The first-order valence-corrected chi connectivity index (χ1v) is 7.11. The Morgan fingerprint density at radius 1 is 1.40 bits per heavy atom. The van der Waals surface area contributed by atoms with Gasteiger partial charge in [-0.2, -0.15) is 0 Å². The lowest BCUT2D eigenvalue weighted by atomic mass is 9.96.